The largest absolute Gasteiger partial charge is 0.394 e. The molecule has 11 heavy (non-hydrogen) atoms. The molecule has 0 spiro atoms. The van der Waals surface area contributed by atoms with E-state index in [0.29, 0.717) is 0 Å². The SMILES string of the molecule is CN/C=C\C(=O)c1ccsc1. The Balaban J connectivity index is 2.64. The van der Waals surface area contributed by atoms with Gasteiger partial charge in [0.05, 0.1) is 0 Å². The minimum absolute atomic E-state index is 0.0422. The summed E-state index contributed by atoms with van der Waals surface area (Å²) in [6.07, 6.45) is 3.14. The molecule has 0 atom stereocenters. The molecule has 0 unspecified atom stereocenters. The summed E-state index contributed by atoms with van der Waals surface area (Å²) in [6.45, 7) is 0. The van der Waals surface area contributed by atoms with Crippen molar-refractivity contribution in [2.75, 3.05) is 7.05 Å². The van der Waals surface area contributed by atoms with E-state index in [1.165, 1.54) is 17.4 Å². The second kappa shape index (κ2) is 3.93. The molecule has 58 valence electrons. The average molecular weight is 167 g/mol. The molecule has 0 saturated carbocycles. The van der Waals surface area contributed by atoms with E-state index in [4.69, 9.17) is 0 Å². The van der Waals surface area contributed by atoms with Crippen LogP contribution in [-0.2, 0) is 0 Å². The monoisotopic (exact) mass is 167 g/mol. The molecule has 0 fully saturated rings. The van der Waals surface area contributed by atoms with Gasteiger partial charge in [0.25, 0.3) is 0 Å². The van der Waals surface area contributed by atoms with E-state index in [2.05, 4.69) is 5.32 Å². The van der Waals surface area contributed by atoms with Gasteiger partial charge >= 0.3 is 0 Å². The first kappa shape index (κ1) is 8.01. The van der Waals surface area contributed by atoms with Crippen molar-refractivity contribution in [1.82, 2.24) is 5.32 Å². The topological polar surface area (TPSA) is 29.1 Å². The Hall–Kier alpha value is -1.09. The van der Waals surface area contributed by atoms with E-state index in [1.54, 1.807) is 13.2 Å². The molecule has 1 N–H and O–H groups in total. The molecular weight excluding hydrogens is 158 g/mol. The summed E-state index contributed by atoms with van der Waals surface area (Å²) < 4.78 is 0. The Morgan fingerprint density at radius 1 is 1.73 bits per heavy atom. The van der Waals surface area contributed by atoms with Crippen LogP contribution in [0, 0.1) is 0 Å². The molecule has 0 amide bonds. The van der Waals surface area contributed by atoms with Gasteiger partial charge < -0.3 is 5.32 Å². The Labute approximate surface area is 69.6 Å². The molecule has 0 aromatic carbocycles. The quantitative estimate of drug-likeness (QED) is 0.548. The molecular formula is C8H9NOS. The van der Waals surface area contributed by atoms with Gasteiger partial charge in [-0.05, 0) is 11.4 Å². The molecule has 0 radical (unpaired) electrons. The van der Waals surface area contributed by atoms with Crippen LogP contribution >= 0.6 is 11.3 Å². The maximum Gasteiger partial charge on any atom is 0.188 e. The summed E-state index contributed by atoms with van der Waals surface area (Å²) in [5.74, 6) is 0.0422. The number of nitrogens with one attached hydrogen (secondary N) is 1. The van der Waals surface area contributed by atoms with Gasteiger partial charge in [-0.25, -0.2) is 0 Å². The summed E-state index contributed by atoms with van der Waals surface area (Å²) >= 11 is 1.53. The fourth-order valence-corrected chi connectivity index (χ4v) is 1.30. The Morgan fingerprint density at radius 3 is 3.09 bits per heavy atom. The third kappa shape index (κ3) is 2.20. The van der Waals surface area contributed by atoms with Crippen LogP contribution in [0.5, 0.6) is 0 Å². The van der Waals surface area contributed by atoms with Crippen molar-refractivity contribution in [3.63, 3.8) is 0 Å². The lowest BCUT2D eigenvalue weighted by Crippen LogP contribution is -1.96. The fraction of sp³-hybridized carbons (Fsp3) is 0.125. The number of allylic oxidation sites excluding steroid dienone is 1. The van der Waals surface area contributed by atoms with Crippen LogP contribution < -0.4 is 5.32 Å². The predicted octanol–water partition coefficient (Wildman–Crippen LogP) is 1.66. The van der Waals surface area contributed by atoms with Crippen LogP contribution in [-0.4, -0.2) is 12.8 Å². The van der Waals surface area contributed by atoms with Crippen LogP contribution in [0.15, 0.2) is 29.1 Å². The average Bonchev–Trinajstić information content (AvgIpc) is 2.52. The summed E-state index contributed by atoms with van der Waals surface area (Å²) in [5.41, 5.74) is 0.751. The molecule has 2 nitrogen and oxygen atoms in total. The maximum atomic E-state index is 11.1. The van der Waals surface area contributed by atoms with Crippen molar-refractivity contribution in [2.24, 2.45) is 0 Å². The number of carbonyl (C=O) groups is 1. The standard InChI is InChI=1S/C8H9NOS/c1-9-4-2-8(10)7-3-5-11-6-7/h2-6,9H,1H3/b4-2-. The normalized spacial score (nSPS) is 10.3. The van der Waals surface area contributed by atoms with Crippen molar-refractivity contribution in [3.8, 4) is 0 Å². The van der Waals surface area contributed by atoms with Gasteiger partial charge in [0, 0.05) is 30.3 Å². The number of carbonyl (C=O) groups excluding carboxylic acids is 1. The van der Waals surface area contributed by atoms with Gasteiger partial charge in [-0.3, -0.25) is 4.79 Å². The van der Waals surface area contributed by atoms with E-state index < -0.39 is 0 Å². The summed E-state index contributed by atoms with van der Waals surface area (Å²) in [6, 6.07) is 1.81. The molecule has 1 aromatic heterocycles. The Morgan fingerprint density at radius 2 is 2.55 bits per heavy atom. The van der Waals surface area contributed by atoms with Crippen LogP contribution in [0.25, 0.3) is 0 Å². The highest BCUT2D eigenvalue weighted by atomic mass is 32.1. The molecule has 0 aliphatic rings. The number of ketones is 1. The Kier molecular flexibility index (Phi) is 2.86. The number of rotatable bonds is 3. The minimum atomic E-state index is 0.0422. The first-order valence-electron chi connectivity index (χ1n) is 3.25. The highest BCUT2D eigenvalue weighted by Gasteiger charge is 1.99. The molecule has 1 rings (SSSR count). The first-order chi connectivity index (χ1) is 5.34. The van der Waals surface area contributed by atoms with Crippen LogP contribution in [0.4, 0.5) is 0 Å². The van der Waals surface area contributed by atoms with Gasteiger partial charge in [-0.15, -0.1) is 0 Å². The zero-order valence-electron chi connectivity index (χ0n) is 6.20. The first-order valence-corrected chi connectivity index (χ1v) is 4.19. The van der Waals surface area contributed by atoms with Gasteiger partial charge in [0.2, 0.25) is 0 Å². The Bertz CT molecular complexity index is 251. The van der Waals surface area contributed by atoms with E-state index >= 15 is 0 Å². The van der Waals surface area contributed by atoms with Crippen LogP contribution in [0.3, 0.4) is 0 Å². The zero-order chi connectivity index (χ0) is 8.10. The maximum absolute atomic E-state index is 11.1. The van der Waals surface area contributed by atoms with Crippen LogP contribution in [0.2, 0.25) is 0 Å². The second-order valence-corrected chi connectivity index (χ2v) is 2.78. The predicted molar refractivity (Wildman–Crippen MR) is 46.8 cm³/mol. The molecule has 1 aromatic rings. The van der Waals surface area contributed by atoms with Crippen LogP contribution in [0.1, 0.15) is 10.4 Å². The zero-order valence-corrected chi connectivity index (χ0v) is 7.02. The van der Waals surface area contributed by atoms with Gasteiger partial charge in [0.1, 0.15) is 0 Å². The summed E-state index contributed by atoms with van der Waals surface area (Å²) in [5, 5.41) is 6.49. The van der Waals surface area contributed by atoms with E-state index in [1.807, 2.05) is 16.8 Å². The molecule has 0 aliphatic heterocycles. The highest BCUT2D eigenvalue weighted by Crippen LogP contribution is 2.06. The molecule has 1 heterocycles. The summed E-state index contributed by atoms with van der Waals surface area (Å²) in [4.78, 5) is 11.1. The lowest BCUT2D eigenvalue weighted by atomic mass is 10.2. The highest BCUT2D eigenvalue weighted by molar-refractivity contribution is 7.08. The lowest BCUT2D eigenvalue weighted by Gasteiger charge is -1.87. The summed E-state index contributed by atoms with van der Waals surface area (Å²) in [7, 11) is 1.76. The molecule has 3 heteroatoms. The van der Waals surface area contributed by atoms with Crippen molar-refractivity contribution in [3.05, 3.63) is 34.7 Å². The van der Waals surface area contributed by atoms with Crippen molar-refractivity contribution < 1.29 is 4.79 Å². The molecule has 0 aliphatic carbocycles. The van der Waals surface area contributed by atoms with Gasteiger partial charge in [0.15, 0.2) is 5.78 Å². The van der Waals surface area contributed by atoms with Crippen molar-refractivity contribution >= 4 is 17.1 Å². The second-order valence-electron chi connectivity index (χ2n) is 2.00. The number of thiophene rings is 1. The van der Waals surface area contributed by atoms with Gasteiger partial charge in [-0.2, -0.15) is 11.3 Å². The van der Waals surface area contributed by atoms with Crippen molar-refractivity contribution in [2.45, 2.75) is 0 Å². The van der Waals surface area contributed by atoms with E-state index in [9.17, 15) is 4.79 Å². The third-order valence-corrected chi connectivity index (χ3v) is 1.89. The smallest absolute Gasteiger partial charge is 0.188 e. The van der Waals surface area contributed by atoms with Crippen molar-refractivity contribution in [1.29, 1.82) is 0 Å². The van der Waals surface area contributed by atoms with Gasteiger partial charge in [-0.1, -0.05) is 0 Å². The molecule has 0 saturated heterocycles. The number of hydrogen-bond acceptors (Lipinski definition) is 3. The van der Waals surface area contributed by atoms with E-state index in [0.717, 1.165) is 5.56 Å². The third-order valence-electron chi connectivity index (χ3n) is 1.21. The molecule has 0 bridgehead atoms. The lowest BCUT2D eigenvalue weighted by molar-refractivity contribution is 0.104. The number of hydrogen-bond donors (Lipinski definition) is 1. The minimum Gasteiger partial charge on any atom is -0.394 e. The fourth-order valence-electron chi connectivity index (χ4n) is 0.660. The van der Waals surface area contributed by atoms with E-state index in [-0.39, 0.29) is 5.78 Å².